The van der Waals surface area contributed by atoms with Gasteiger partial charge in [0.25, 0.3) is 0 Å². The van der Waals surface area contributed by atoms with Gasteiger partial charge in [-0.15, -0.1) is 0 Å². The van der Waals surface area contributed by atoms with Crippen LogP contribution in [0.4, 0.5) is 0 Å². The Labute approximate surface area is 137 Å². The number of carbonyl (C=O) groups excluding carboxylic acids is 2. The van der Waals surface area contributed by atoms with Crippen molar-refractivity contribution < 1.29 is 19.5 Å². The van der Waals surface area contributed by atoms with Gasteiger partial charge in [-0.05, 0) is 12.5 Å². The molecule has 1 aromatic rings. The van der Waals surface area contributed by atoms with Crippen LogP contribution >= 0.6 is 0 Å². The van der Waals surface area contributed by atoms with Crippen LogP contribution in [0, 0.1) is 11.8 Å². The first kappa shape index (κ1) is 18.9. The van der Waals surface area contributed by atoms with E-state index >= 15 is 0 Å². The molecule has 0 radical (unpaired) electrons. The van der Waals surface area contributed by atoms with Crippen LogP contribution in [0.3, 0.4) is 0 Å². The monoisotopic (exact) mass is 319 g/mol. The summed E-state index contributed by atoms with van der Waals surface area (Å²) >= 11 is 0. The van der Waals surface area contributed by atoms with Gasteiger partial charge < -0.3 is 10.0 Å². The number of benzene rings is 1. The van der Waals surface area contributed by atoms with E-state index in [1.165, 1.54) is 4.90 Å². The summed E-state index contributed by atoms with van der Waals surface area (Å²) in [7, 11) is 1.61. The van der Waals surface area contributed by atoms with E-state index in [9.17, 15) is 14.4 Å². The van der Waals surface area contributed by atoms with E-state index in [0.717, 1.165) is 5.56 Å². The Morgan fingerprint density at radius 3 is 2.00 bits per heavy atom. The molecule has 0 aliphatic heterocycles. The molecule has 1 N–H and O–H groups in total. The molecule has 2 atom stereocenters. The summed E-state index contributed by atoms with van der Waals surface area (Å²) < 4.78 is 0. The molecule has 0 saturated carbocycles. The van der Waals surface area contributed by atoms with Crippen molar-refractivity contribution in [2.75, 3.05) is 13.6 Å². The Morgan fingerprint density at radius 2 is 1.57 bits per heavy atom. The maximum absolute atomic E-state index is 12.4. The Balaban J connectivity index is 2.80. The van der Waals surface area contributed by atoms with E-state index < -0.39 is 11.9 Å². The second kappa shape index (κ2) is 7.90. The Kier molecular flexibility index (Phi) is 6.49. The fourth-order valence-electron chi connectivity index (χ4n) is 2.32. The molecule has 0 saturated heterocycles. The molecule has 1 aromatic carbocycles. The van der Waals surface area contributed by atoms with Crippen molar-refractivity contribution in [3.63, 3.8) is 0 Å². The highest BCUT2D eigenvalue weighted by Crippen LogP contribution is 2.20. The van der Waals surface area contributed by atoms with Crippen LogP contribution in [-0.4, -0.2) is 41.3 Å². The number of carboxylic acid groups (broad SMARTS) is 1. The van der Waals surface area contributed by atoms with Crippen LogP contribution in [0.2, 0.25) is 0 Å². The lowest BCUT2D eigenvalue weighted by molar-refractivity contribution is -0.142. The molecule has 0 spiro atoms. The minimum atomic E-state index is -0.922. The summed E-state index contributed by atoms with van der Waals surface area (Å²) in [5.41, 5.74) is 1.45. The van der Waals surface area contributed by atoms with Gasteiger partial charge in [-0.2, -0.15) is 0 Å². The summed E-state index contributed by atoms with van der Waals surface area (Å²) in [6.45, 7) is 7.22. The second-order valence-electron chi connectivity index (χ2n) is 6.32. The minimum absolute atomic E-state index is 0.0662. The smallest absolute Gasteiger partial charge is 0.308 e. The van der Waals surface area contributed by atoms with Gasteiger partial charge in [0.2, 0.25) is 5.91 Å². The predicted octanol–water partition coefficient (Wildman–Crippen LogP) is 2.81. The van der Waals surface area contributed by atoms with E-state index in [4.69, 9.17) is 5.11 Å². The average Bonchev–Trinajstić information content (AvgIpc) is 2.52. The lowest BCUT2D eigenvalue weighted by Crippen LogP contribution is -2.36. The first-order valence-electron chi connectivity index (χ1n) is 7.77. The topological polar surface area (TPSA) is 74.7 Å². The molecule has 23 heavy (non-hydrogen) atoms. The molecule has 0 fully saturated rings. The van der Waals surface area contributed by atoms with Crippen molar-refractivity contribution in [2.45, 2.75) is 33.6 Å². The van der Waals surface area contributed by atoms with Gasteiger partial charge in [0.05, 0.1) is 11.8 Å². The standard InChI is InChI=1S/C18H25NO4/c1-11(2)16(20)15-8-6-14(7-9-15)13(4)17(21)19(5)10-12(3)18(22)23/h6-9,11-13H,10H2,1-5H3,(H,22,23). The number of hydrogen-bond donors (Lipinski definition) is 1. The lowest BCUT2D eigenvalue weighted by atomic mass is 9.95. The average molecular weight is 319 g/mol. The molecule has 5 nitrogen and oxygen atoms in total. The number of Topliss-reactive ketones (excluding diaryl/α,β-unsaturated/α-hetero) is 1. The van der Waals surface area contributed by atoms with E-state index in [0.29, 0.717) is 5.56 Å². The summed E-state index contributed by atoms with van der Waals surface area (Å²) in [4.78, 5) is 36.6. The van der Waals surface area contributed by atoms with E-state index in [1.54, 1.807) is 45.2 Å². The molecule has 0 bridgehead atoms. The van der Waals surface area contributed by atoms with Crippen LogP contribution in [0.1, 0.15) is 49.5 Å². The van der Waals surface area contributed by atoms with Crippen molar-refractivity contribution in [2.24, 2.45) is 11.8 Å². The Hall–Kier alpha value is -2.17. The molecule has 0 heterocycles. The highest BCUT2D eigenvalue weighted by Gasteiger charge is 2.23. The van der Waals surface area contributed by atoms with E-state index in [2.05, 4.69) is 0 Å². The fraction of sp³-hybridized carbons (Fsp3) is 0.500. The van der Waals surface area contributed by atoms with Crippen molar-refractivity contribution in [3.05, 3.63) is 35.4 Å². The molecule has 0 aromatic heterocycles. The summed E-state index contributed by atoms with van der Waals surface area (Å²) in [5, 5.41) is 8.93. The number of carboxylic acids is 1. The highest BCUT2D eigenvalue weighted by molar-refractivity contribution is 5.97. The highest BCUT2D eigenvalue weighted by atomic mass is 16.4. The van der Waals surface area contributed by atoms with Gasteiger partial charge in [-0.3, -0.25) is 14.4 Å². The van der Waals surface area contributed by atoms with Gasteiger partial charge in [0, 0.05) is 25.1 Å². The van der Waals surface area contributed by atoms with Crippen molar-refractivity contribution >= 4 is 17.7 Å². The molecule has 2 unspecified atom stereocenters. The van der Waals surface area contributed by atoms with Crippen molar-refractivity contribution in [3.8, 4) is 0 Å². The third-order valence-corrected chi connectivity index (χ3v) is 3.94. The first-order valence-corrected chi connectivity index (χ1v) is 7.77. The van der Waals surface area contributed by atoms with Gasteiger partial charge >= 0.3 is 5.97 Å². The second-order valence-corrected chi connectivity index (χ2v) is 6.32. The van der Waals surface area contributed by atoms with Crippen molar-refractivity contribution in [1.29, 1.82) is 0 Å². The molecule has 126 valence electrons. The van der Waals surface area contributed by atoms with Gasteiger partial charge in [-0.25, -0.2) is 0 Å². The van der Waals surface area contributed by atoms with Crippen LogP contribution in [-0.2, 0) is 9.59 Å². The normalized spacial score (nSPS) is 13.5. The van der Waals surface area contributed by atoms with Crippen LogP contribution in [0.15, 0.2) is 24.3 Å². The van der Waals surface area contributed by atoms with Crippen LogP contribution in [0.5, 0.6) is 0 Å². The molecule has 0 aliphatic rings. The maximum Gasteiger partial charge on any atom is 0.308 e. The summed E-state index contributed by atoms with van der Waals surface area (Å²) in [6.07, 6.45) is 0. The number of amides is 1. The lowest BCUT2D eigenvalue weighted by Gasteiger charge is -2.23. The summed E-state index contributed by atoms with van der Waals surface area (Å²) in [6, 6.07) is 7.04. The molecule has 1 amide bonds. The predicted molar refractivity (Wildman–Crippen MR) is 88.5 cm³/mol. The van der Waals surface area contributed by atoms with E-state index in [-0.39, 0.29) is 30.1 Å². The third-order valence-electron chi connectivity index (χ3n) is 3.94. The zero-order chi connectivity index (χ0) is 17.7. The molecular weight excluding hydrogens is 294 g/mol. The number of nitrogens with zero attached hydrogens (tertiary/aromatic N) is 1. The molecule has 0 aliphatic carbocycles. The largest absolute Gasteiger partial charge is 0.481 e. The van der Waals surface area contributed by atoms with Crippen molar-refractivity contribution in [1.82, 2.24) is 4.90 Å². The Morgan fingerprint density at radius 1 is 1.04 bits per heavy atom. The van der Waals surface area contributed by atoms with E-state index in [1.807, 2.05) is 13.8 Å². The molecule has 1 rings (SSSR count). The van der Waals surface area contributed by atoms with Gasteiger partial charge in [0.15, 0.2) is 5.78 Å². The fourth-order valence-corrected chi connectivity index (χ4v) is 2.32. The Bertz CT molecular complexity index is 577. The first-order chi connectivity index (χ1) is 10.6. The zero-order valence-electron chi connectivity index (χ0n) is 14.4. The quantitative estimate of drug-likeness (QED) is 0.784. The number of hydrogen-bond acceptors (Lipinski definition) is 3. The van der Waals surface area contributed by atoms with Gasteiger partial charge in [0.1, 0.15) is 0 Å². The third kappa shape index (κ3) is 4.91. The number of carbonyl (C=O) groups is 3. The van der Waals surface area contributed by atoms with Gasteiger partial charge in [-0.1, -0.05) is 45.0 Å². The number of rotatable bonds is 7. The minimum Gasteiger partial charge on any atom is -0.481 e. The molecular formula is C18H25NO4. The SMILES string of the molecule is CC(C)C(=O)c1ccc(C(C)C(=O)N(C)CC(C)C(=O)O)cc1. The molecule has 5 heteroatoms. The number of ketones is 1. The number of likely N-dealkylation sites (N-methyl/N-ethyl adjacent to an activating group) is 1. The summed E-state index contributed by atoms with van der Waals surface area (Å²) in [5.74, 6) is -2.05. The van der Waals surface area contributed by atoms with Crippen LogP contribution < -0.4 is 0 Å². The van der Waals surface area contributed by atoms with Crippen LogP contribution in [0.25, 0.3) is 0 Å². The zero-order valence-corrected chi connectivity index (χ0v) is 14.4. The number of aliphatic carboxylic acids is 1. The maximum atomic E-state index is 12.4.